The number of fused-ring (bicyclic) bond motifs is 1. The third-order valence-corrected chi connectivity index (χ3v) is 2.76. The van der Waals surface area contributed by atoms with Gasteiger partial charge in [0, 0.05) is 24.9 Å². The molecule has 0 aliphatic rings. The SMILES string of the molecule is C=CCC(N)Cc1nn(C)c2ccccc12. The Bertz CT molecular complexity index is 499. The van der Waals surface area contributed by atoms with Gasteiger partial charge in [0.2, 0.25) is 0 Å². The van der Waals surface area contributed by atoms with Crippen molar-refractivity contribution in [2.24, 2.45) is 12.8 Å². The molecule has 2 aromatic rings. The Labute approximate surface area is 95.6 Å². The molecule has 3 heteroatoms. The highest BCUT2D eigenvalue weighted by Crippen LogP contribution is 2.18. The first-order valence-electron chi connectivity index (χ1n) is 5.49. The number of hydrogen-bond acceptors (Lipinski definition) is 2. The fourth-order valence-electron chi connectivity index (χ4n) is 1.99. The highest BCUT2D eigenvalue weighted by Gasteiger charge is 2.10. The number of nitrogens with two attached hydrogens (primary N) is 1. The molecule has 0 amide bonds. The molecule has 0 fully saturated rings. The van der Waals surface area contributed by atoms with E-state index in [4.69, 9.17) is 5.73 Å². The second kappa shape index (κ2) is 4.49. The van der Waals surface area contributed by atoms with Crippen molar-refractivity contribution >= 4 is 10.9 Å². The third kappa shape index (κ3) is 1.99. The molecule has 2 N–H and O–H groups in total. The summed E-state index contributed by atoms with van der Waals surface area (Å²) in [5.41, 5.74) is 8.23. The van der Waals surface area contributed by atoms with Crippen LogP contribution >= 0.6 is 0 Å². The summed E-state index contributed by atoms with van der Waals surface area (Å²) in [7, 11) is 1.96. The first-order chi connectivity index (χ1) is 7.72. The monoisotopic (exact) mass is 215 g/mol. The Kier molecular flexibility index (Phi) is 3.06. The average Bonchev–Trinajstić information content (AvgIpc) is 2.57. The molecule has 0 aliphatic heterocycles. The number of para-hydroxylation sites is 1. The first-order valence-corrected chi connectivity index (χ1v) is 5.49. The van der Waals surface area contributed by atoms with Crippen LogP contribution < -0.4 is 5.73 Å². The normalized spacial score (nSPS) is 12.9. The molecule has 0 bridgehead atoms. The van der Waals surface area contributed by atoms with Gasteiger partial charge >= 0.3 is 0 Å². The number of benzene rings is 1. The number of rotatable bonds is 4. The lowest BCUT2D eigenvalue weighted by atomic mass is 10.1. The summed E-state index contributed by atoms with van der Waals surface area (Å²) >= 11 is 0. The second-order valence-electron chi connectivity index (χ2n) is 4.08. The van der Waals surface area contributed by atoms with Gasteiger partial charge in [0.1, 0.15) is 0 Å². The van der Waals surface area contributed by atoms with E-state index in [-0.39, 0.29) is 6.04 Å². The molecule has 1 aromatic carbocycles. The maximum Gasteiger partial charge on any atom is 0.0718 e. The van der Waals surface area contributed by atoms with Crippen LogP contribution in [0.15, 0.2) is 36.9 Å². The highest BCUT2D eigenvalue weighted by atomic mass is 15.3. The van der Waals surface area contributed by atoms with Crippen LogP contribution in [-0.2, 0) is 13.5 Å². The van der Waals surface area contributed by atoms with Crippen molar-refractivity contribution in [3.8, 4) is 0 Å². The first kappa shape index (κ1) is 10.9. The van der Waals surface area contributed by atoms with E-state index in [0.29, 0.717) is 0 Å². The number of aryl methyl sites for hydroxylation is 1. The van der Waals surface area contributed by atoms with Crippen LogP contribution in [0.2, 0.25) is 0 Å². The molecule has 0 spiro atoms. The van der Waals surface area contributed by atoms with Gasteiger partial charge in [-0.3, -0.25) is 4.68 Å². The van der Waals surface area contributed by atoms with Gasteiger partial charge in [-0.25, -0.2) is 0 Å². The van der Waals surface area contributed by atoms with Gasteiger partial charge in [0.25, 0.3) is 0 Å². The van der Waals surface area contributed by atoms with Crippen LogP contribution in [0.25, 0.3) is 10.9 Å². The van der Waals surface area contributed by atoms with Crippen molar-refractivity contribution in [3.63, 3.8) is 0 Å². The molecule has 1 atom stereocenters. The number of nitrogens with zero attached hydrogens (tertiary/aromatic N) is 2. The van der Waals surface area contributed by atoms with E-state index in [1.165, 1.54) is 5.39 Å². The highest BCUT2D eigenvalue weighted by molar-refractivity contribution is 5.81. The number of hydrogen-bond donors (Lipinski definition) is 1. The molecule has 3 nitrogen and oxygen atoms in total. The lowest BCUT2D eigenvalue weighted by Gasteiger charge is -2.06. The predicted molar refractivity (Wildman–Crippen MR) is 67.2 cm³/mol. The summed E-state index contributed by atoms with van der Waals surface area (Å²) in [5, 5.41) is 5.71. The van der Waals surface area contributed by atoms with Gasteiger partial charge in [0.15, 0.2) is 0 Å². The summed E-state index contributed by atoms with van der Waals surface area (Å²) in [6, 6.07) is 8.34. The van der Waals surface area contributed by atoms with Crippen molar-refractivity contribution in [1.82, 2.24) is 9.78 Å². The zero-order valence-electron chi connectivity index (χ0n) is 9.56. The zero-order valence-corrected chi connectivity index (χ0v) is 9.56. The topological polar surface area (TPSA) is 43.8 Å². The van der Waals surface area contributed by atoms with Crippen LogP contribution in [0.4, 0.5) is 0 Å². The molecule has 16 heavy (non-hydrogen) atoms. The molecule has 1 unspecified atom stereocenters. The van der Waals surface area contributed by atoms with Gasteiger partial charge in [-0.1, -0.05) is 24.3 Å². The molecule has 0 aliphatic carbocycles. The van der Waals surface area contributed by atoms with Crippen LogP contribution in [0, 0.1) is 0 Å². The minimum Gasteiger partial charge on any atom is -0.327 e. The summed E-state index contributed by atoms with van der Waals surface area (Å²) in [6.45, 7) is 3.70. The minimum atomic E-state index is 0.107. The third-order valence-electron chi connectivity index (χ3n) is 2.76. The van der Waals surface area contributed by atoms with Gasteiger partial charge in [-0.15, -0.1) is 6.58 Å². The van der Waals surface area contributed by atoms with Crippen molar-refractivity contribution in [2.45, 2.75) is 18.9 Å². The van der Waals surface area contributed by atoms with Crippen molar-refractivity contribution in [1.29, 1.82) is 0 Å². The molecule has 84 valence electrons. The van der Waals surface area contributed by atoms with E-state index in [2.05, 4.69) is 23.8 Å². The van der Waals surface area contributed by atoms with Gasteiger partial charge in [-0.05, 0) is 12.5 Å². The molecule has 0 radical (unpaired) electrons. The smallest absolute Gasteiger partial charge is 0.0718 e. The van der Waals surface area contributed by atoms with E-state index in [1.807, 2.05) is 29.9 Å². The van der Waals surface area contributed by atoms with E-state index >= 15 is 0 Å². The predicted octanol–water partition coefficient (Wildman–Crippen LogP) is 2.02. The zero-order chi connectivity index (χ0) is 11.5. The summed E-state index contributed by atoms with van der Waals surface area (Å²) < 4.78 is 1.91. The fraction of sp³-hybridized carbons (Fsp3) is 0.308. The lowest BCUT2D eigenvalue weighted by Crippen LogP contribution is -2.22. The molecule has 0 saturated carbocycles. The van der Waals surface area contributed by atoms with Crippen LogP contribution in [-0.4, -0.2) is 15.8 Å². The average molecular weight is 215 g/mol. The Morgan fingerprint density at radius 3 is 3.00 bits per heavy atom. The summed E-state index contributed by atoms with van der Waals surface area (Å²) in [4.78, 5) is 0. The van der Waals surface area contributed by atoms with Crippen LogP contribution in [0.3, 0.4) is 0 Å². The second-order valence-corrected chi connectivity index (χ2v) is 4.08. The standard InChI is InChI=1S/C13H17N3/c1-3-6-10(14)9-12-11-7-4-5-8-13(11)16(2)15-12/h3-5,7-8,10H,1,6,9,14H2,2H3. The summed E-state index contributed by atoms with van der Waals surface area (Å²) in [5.74, 6) is 0. The Hall–Kier alpha value is -1.61. The fourth-order valence-corrected chi connectivity index (χ4v) is 1.99. The lowest BCUT2D eigenvalue weighted by molar-refractivity contribution is 0.653. The Morgan fingerprint density at radius 2 is 2.25 bits per heavy atom. The van der Waals surface area contributed by atoms with Crippen molar-refractivity contribution in [2.75, 3.05) is 0 Å². The molecule has 0 saturated heterocycles. The van der Waals surface area contributed by atoms with Gasteiger partial charge in [0.05, 0.1) is 11.2 Å². The van der Waals surface area contributed by atoms with E-state index in [9.17, 15) is 0 Å². The Balaban J connectivity index is 2.34. The maximum atomic E-state index is 6.00. The van der Waals surface area contributed by atoms with E-state index < -0.39 is 0 Å². The molecule has 1 heterocycles. The minimum absolute atomic E-state index is 0.107. The van der Waals surface area contributed by atoms with Gasteiger partial charge in [-0.2, -0.15) is 5.10 Å². The van der Waals surface area contributed by atoms with Crippen molar-refractivity contribution in [3.05, 3.63) is 42.6 Å². The Morgan fingerprint density at radius 1 is 1.50 bits per heavy atom. The van der Waals surface area contributed by atoms with Crippen LogP contribution in [0.1, 0.15) is 12.1 Å². The summed E-state index contributed by atoms with van der Waals surface area (Å²) in [6.07, 6.45) is 3.48. The van der Waals surface area contributed by atoms with E-state index in [1.54, 1.807) is 0 Å². The quantitative estimate of drug-likeness (QED) is 0.793. The van der Waals surface area contributed by atoms with Crippen molar-refractivity contribution < 1.29 is 0 Å². The van der Waals surface area contributed by atoms with Gasteiger partial charge < -0.3 is 5.73 Å². The molecular weight excluding hydrogens is 198 g/mol. The van der Waals surface area contributed by atoms with Crippen LogP contribution in [0.5, 0.6) is 0 Å². The molecule has 1 aromatic heterocycles. The molecule has 2 rings (SSSR count). The van der Waals surface area contributed by atoms with E-state index in [0.717, 1.165) is 24.1 Å². The maximum absolute atomic E-state index is 6.00. The largest absolute Gasteiger partial charge is 0.327 e. The number of aromatic nitrogens is 2. The molecular formula is C13H17N3.